The maximum atomic E-state index is 13.1. The van der Waals surface area contributed by atoms with Crippen molar-refractivity contribution in [1.82, 2.24) is 29.8 Å². The first-order chi connectivity index (χ1) is 13.4. The molecule has 1 aliphatic rings. The van der Waals surface area contributed by atoms with Crippen molar-refractivity contribution in [2.24, 2.45) is 7.05 Å². The maximum Gasteiger partial charge on any atom is 0.274 e. The Kier molecular flexibility index (Phi) is 4.70. The van der Waals surface area contributed by atoms with E-state index < -0.39 is 0 Å². The Balaban J connectivity index is 1.73. The highest BCUT2D eigenvalue weighted by Gasteiger charge is 2.31. The van der Waals surface area contributed by atoms with Gasteiger partial charge in [-0.15, -0.1) is 0 Å². The third kappa shape index (κ3) is 3.30. The Morgan fingerprint density at radius 3 is 2.71 bits per heavy atom. The molecule has 1 saturated heterocycles. The van der Waals surface area contributed by atoms with E-state index in [1.165, 1.54) is 0 Å². The second-order valence-corrected chi connectivity index (χ2v) is 7.34. The van der Waals surface area contributed by atoms with Crippen LogP contribution in [0, 0.1) is 20.8 Å². The van der Waals surface area contributed by atoms with Crippen LogP contribution in [0.3, 0.4) is 0 Å². The molecule has 0 unspecified atom stereocenters. The van der Waals surface area contributed by atoms with E-state index in [1.807, 2.05) is 38.8 Å². The van der Waals surface area contributed by atoms with E-state index in [4.69, 9.17) is 9.51 Å². The van der Waals surface area contributed by atoms with Gasteiger partial charge in [-0.1, -0.05) is 5.16 Å². The van der Waals surface area contributed by atoms with Crippen molar-refractivity contribution >= 4 is 5.91 Å². The predicted molar refractivity (Wildman–Crippen MR) is 103 cm³/mol. The van der Waals surface area contributed by atoms with Crippen molar-refractivity contribution in [2.45, 2.75) is 46.1 Å². The predicted octanol–water partition coefficient (Wildman–Crippen LogP) is 3.16. The van der Waals surface area contributed by atoms with E-state index >= 15 is 0 Å². The van der Waals surface area contributed by atoms with Gasteiger partial charge in [-0.3, -0.25) is 9.48 Å². The molecule has 0 aliphatic carbocycles. The number of hydrogen-bond acceptors (Lipinski definition) is 6. The zero-order valence-corrected chi connectivity index (χ0v) is 16.6. The first kappa shape index (κ1) is 18.3. The van der Waals surface area contributed by atoms with Gasteiger partial charge in [0.2, 0.25) is 0 Å². The number of piperidine rings is 1. The molecule has 146 valence electrons. The van der Waals surface area contributed by atoms with E-state index in [0.717, 1.165) is 41.9 Å². The molecule has 0 radical (unpaired) electrons. The summed E-state index contributed by atoms with van der Waals surface area (Å²) in [5, 5.41) is 8.30. The summed E-state index contributed by atoms with van der Waals surface area (Å²) in [5.74, 6) is 1.24. The lowest BCUT2D eigenvalue weighted by molar-refractivity contribution is 0.0599. The zero-order valence-electron chi connectivity index (χ0n) is 16.6. The van der Waals surface area contributed by atoms with Crippen LogP contribution in [0.2, 0.25) is 0 Å². The van der Waals surface area contributed by atoms with Gasteiger partial charge in [0.1, 0.15) is 11.5 Å². The molecule has 0 N–H and O–H groups in total. The van der Waals surface area contributed by atoms with Gasteiger partial charge in [0.25, 0.3) is 5.91 Å². The molecule has 1 atom stereocenters. The molecule has 4 rings (SSSR count). The van der Waals surface area contributed by atoms with Crippen LogP contribution in [-0.4, -0.2) is 42.3 Å². The average Bonchev–Trinajstić information content (AvgIpc) is 3.26. The number of nitrogens with zero attached hydrogens (tertiary/aromatic N) is 6. The summed E-state index contributed by atoms with van der Waals surface area (Å²) < 4.78 is 6.94. The van der Waals surface area contributed by atoms with Crippen molar-refractivity contribution in [1.29, 1.82) is 0 Å². The molecule has 28 heavy (non-hydrogen) atoms. The summed E-state index contributed by atoms with van der Waals surface area (Å²) in [6.07, 6.45) is 4.70. The lowest BCUT2D eigenvalue weighted by Crippen LogP contribution is -2.39. The van der Waals surface area contributed by atoms with Crippen LogP contribution in [-0.2, 0) is 7.05 Å². The van der Waals surface area contributed by atoms with Gasteiger partial charge >= 0.3 is 0 Å². The Morgan fingerprint density at radius 1 is 1.21 bits per heavy atom. The lowest BCUT2D eigenvalue weighted by Gasteiger charge is -2.35. The third-order valence-electron chi connectivity index (χ3n) is 5.17. The molecule has 0 spiro atoms. The number of aryl methyl sites for hydroxylation is 4. The molecule has 0 aromatic carbocycles. The topological polar surface area (TPSA) is 89.9 Å². The van der Waals surface area contributed by atoms with E-state index in [1.54, 1.807) is 16.9 Å². The van der Waals surface area contributed by atoms with Gasteiger partial charge < -0.3 is 9.42 Å². The van der Waals surface area contributed by atoms with E-state index in [9.17, 15) is 4.79 Å². The lowest BCUT2D eigenvalue weighted by atomic mass is 9.98. The third-order valence-corrected chi connectivity index (χ3v) is 5.17. The van der Waals surface area contributed by atoms with E-state index in [2.05, 4.69) is 15.2 Å². The van der Waals surface area contributed by atoms with Crippen LogP contribution in [0.25, 0.3) is 11.4 Å². The molecule has 3 aromatic heterocycles. The van der Waals surface area contributed by atoms with Crippen LogP contribution < -0.4 is 0 Å². The Bertz CT molecular complexity index is 1000. The first-order valence-corrected chi connectivity index (χ1v) is 9.53. The summed E-state index contributed by atoms with van der Waals surface area (Å²) in [4.78, 5) is 24.4. The van der Waals surface area contributed by atoms with Crippen molar-refractivity contribution < 1.29 is 9.32 Å². The van der Waals surface area contributed by atoms with Gasteiger partial charge in [-0.25, -0.2) is 9.97 Å². The number of hydrogen-bond donors (Lipinski definition) is 0. The Hall–Kier alpha value is -3.03. The fraction of sp³-hybridized carbons (Fsp3) is 0.450. The summed E-state index contributed by atoms with van der Waals surface area (Å²) in [5.41, 5.74) is 3.76. The van der Waals surface area contributed by atoms with Crippen molar-refractivity contribution in [3.05, 3.63) is 46.9 Å². The molecule has 4 heterocycles. The molecule has 8 nitrogen and oxygen atoms in total. The summed E-state index contributed by atoms with van der Waals surface area (Å²) in [6, 6.07) is 3.63. The number of aromatic nitrogens is 5. The van der Waals surface area contributed by atoms with Crippen LogP contribution in [0.4, 0.5) is 0 Å². The fourth-order valence-corrected chi connectivity index (χ4v) is 3.84. The quantitative estimate of drug-likeness (QED) is 0.693. The van der Waals surface area contributed by atoms with E-state index in [-0.39, 0.29) is 11.9 Å². The van der Waals surface area contributed by atoms with Gasteiger partial charge in [0.15, 0.2) is 5.82 Å². The minimum atomic E-state index is -0.0934. The standard InChI is InChI=1S/C20H24N6O2/c1-12-11-16(22-19(21-12)18-13(2)24-28-14(18)3)17-7-5-6-9-26(17)20(27)15-8-10-25(4)23-15/h8,10-11,17H,5-7,9H2,1-4H3/t17-/m1/s1. The van der Waals surface area contributed by atoms with Gasteiger partial charge in [0.05, 0.1) is 23.0 Å². The molecule has 8 heteroatoms. The summed E-state index contributed by atoms with van der Waals surface area (Å²) in [6.45, 7) is 6.39. The largest absolute Gasteiger partial charge is 0.361 e. The molecule has 3 aromatic rings. The molecule has 1 fully saturated rings. The van der Waals surface area contributed by atoms with Crippen LogP contribution in [0.1, 0.15) is 58.6 Å². The second-order valence-electron chi connectivity index (χ2n) is 7.34. The molecule has 1 aliphatic heterocycles. The van der Waals surface area contributed by atoms with Crippen LogP contribution in [0.15, 0.2) is 22.9 Å². The highest BCUT2D eigenvalue weighted by Crippen LogP contribution is 2.33. The average molecular weight is 380 g/mol. The van der Waals surface area contributed by atoms with Gasteiger partial charge in [0, 0.05) is 25.5 Å². The molecule has 0 saturated carbocycles. The number of carbonyl (C=O) groups excluding carboxylic acids is 1. The number of likely N-dealkylation sites (tertiary alicyclic amines) is 1. The molecular weight excluding hydrogens is 356 g/mol. The number of carbonyl (C=O) groups is 1. The molecule has 0 bridgehead atoms. The Morgan fingerprint density at radius 2 is 2.04 bits per heavy atom. The van der Waals surface area contributed by atoms with Crippen molar-refractivity contribution in [2.75, 3.05) is 6.54 Å². The zero-order chi connectivity index (χ0) is 19.8. The SMILES string of the molecule is Cc1cc([C@H]2CCCCN2C(=O)c2ccn(C)n2)nc(-c2c(C)noc2C)n1. The highest BCUT2D eigenvalue weighted by molar-refractivity contribution is 5.92. The monoisotopic (exact) mass is 380 g/mol. The van der Waals surface area contributed by atoms with Crippen molar-refractivity contribution in [3.8, 4) is 11.4 Å². The smallest absolute Gasteiger partial charge is 0.274 e. The van der Waals surface area contributed by atoms with Crippen LogP contribution in [0.5, 0.6) is 0 Å². The fourth-order valence-electron chi connectivity index (χ4n) is 3.84. The second kappa shape index (κ2) is 7.18. The molecule has 1 amide bonds. The van der Waals surface area contributed by atoms with Gasteiger partial charge in [-0.2, -0.15) is 5.10 Å². The summed E-state index contributed by atoms with van der Waals surface area (Å²) in [7, 11) is 1.81. The van der Waals surface area contributed by atoms with Crippen molar-refractivity contribution in [3.63, 3.8) is 0 Å². The number of amides is 1. The normalized spacial score (nSPS) is 17.1. The molecular formula is C20H24N6O2. The minimum absolute atomic E-state index is 0.0551. The first-order valence-electron chi connectivity index (χ1n) is 9.53. The number of rotatable bonds is 3. The minimum Gasteiger partial charge on any atom is -0.361 e. The Labute approximate surface area is 163 Å². The van der Waals surface area contributed by atoms with E-state index in [0.29, 0.717) is 23.8 Å². The maximum absolute atomic E-state index is 13.1. The van der Waals surface area contributed by atoms with Crippen LogP contribution >= 0.6 is 0 Å². The van der Waals surface area contributed by atoms with Gasteiger partial charge in [-0.05, 0) is 52.2 Å². The highest BCUT2D eigenvalue weighted by atomic mass is 16.5. The summed E-state index contributed by atoms with van der Waals surface area (Å²) >= 11 is 0.